The molecule has 0 saturated carbocycles. The van der Waals surface area contributed by atoms with Crippen LogP contribution in [0.5, 0.6) is 0 Å². The Bertz CT molecular complexity index is 281. The SMILES string of the molecule is COC(=O)CC[C@H](N)C(=O)N1CCN(C)CC1.Cl. The fourth-order valence-corrected chi connectivity index (χ4v) is 1.76. The molecule has 1 amide bonds. The van der Waals surface area contributed by atoms with Crippen LogP contribution in [0.15, 0.2) is 0 Å². The van der Waals surface area contributed by atoms with E-state index in [1.54, 1.807) is 4.90 Å². The molecule has 0 aliphatic carbocycles. The normalized spacial score (nSPS) is 17.8. The van der Waals surface area contributed by atoms with Gasteiger partial charge in [-0.25, -0.2) is 0 Å². The molecule has 0 aromatic carbocycles. The maximum absolute atomic E-state index is 11.9. The summed E-state index contributed by atoms with van der Waals surface area (Å²) in [5.74, 6) is -0.395. The number of likely N-dealkylation sites (N-methyl/N-ethyl adjacent to an activating group) is 1. The monoisotopic (exact) mass is 279 g/mol. The van der Waals surface area contributed by atoms with Crippen molar-refractivity contribution < 1.29 is 14.3 Å². The van der Waals surface area contributed by atoms with Crippen molar-refractivity contribution in [3.05, 3.63) is 0 Å². The average Bonchev–Trinajstić information content (AvgIpc) is 2.35. The highest BCUT2D eigenvalue weighted by atomic mass is 35.5. The van der Waals surface area contributed by atoms with Crippen LogP contribution in [0.1, 0.15) is 12.8 Å². The zero-order chi connectivity index (χ0) is 12.8. The molecule has 1 rings (SSSR count). The Kier molecular flexibility index (Phi) is 7.90. The number of hydrogen-bond acceptors (Lipinski definition) is 5. The smallest absolute Gasteiger partial charge is 0.305 e. The van der Waals surface area contributed by atoms with Crippen molar-refractivity contribution >= 4 is 24.3 Å². The van der Waals surface area contributed by atoms with Crippen molar-refractivity contribution in [1.82, 2.24) is 9.80 Å². The van der Waals surface area contributed by atoms with Gasteiger partial charge in [0.15, 0.2) is 0 Å². The molecule has 0 spiro atoms. The second-order valence-electron chi connectivity index (χ2n) is 4.35. The highest BCUT2D eigenvalue weighted by Gasteiger charge is 2.24. The molecule has 0 aromatic rings. The number of carbonyl (C=O) groups is 2. The first-order valence-electron chi connectivity index (χ1n) is 5.84. The number of halogens is 1. The van der Waals surface area contributed by atoms with Crippen molar-refractivity contribution in [2.24, 2.45) is 5.73 Å². The third-order valence-electron chi connectivity index (χ3n) is 3.02. The molecule has 106 valence electrons. The number of ether oxygens (including phenoxy) is 1. The van der Waals surface area contributed by atoms with Gasteiger partial charge in [0.05, 0.1) is 13.2 Å². The zero-order valence-electron chi connectivity index (χ0n) is 10.9. The molecule has 1 aliphatic heterocycles. The number of rotatable bonds is 4. The standard InChI is InChI=1S/C11H21N3O3.ClH/c1-13-5-7-14(8-6-13)11(16)9(12)3-4-10(15)17-2;/h9H,3-8,12H2,1-2H3;1H/t9-;/m0./s1. The molecular formula is C11H22ClN3O3. The van der Waals surface area contributed by atoms with Gasteiger partial charge in [-0.3, -0.25) is 9.59 Å². The van der Waals surface area contributed by atoms with Crippen LogP contribution >= 0.6 is 12.4 Å². The molecule has 7 heteroatoms. The van der Waals surface area contributed by atoms with Crippen LogP contribution in [0.4, 0.5) is 0 Å². The number of piperazine rings is 1. The minimum absolute atomic E-state index is 0. The Labute approximate surface area is 114 Å². The summed E-state index contributed by atoms with van der Waals surface area (Å²) in [6, 6.07) is -0.600. The van der Waals surface area contributed by atoms with Crippen LogP contribution in [-0.4, -0.2) is 68.1 Å². The minimum Gasteiger partial charge on any atom is -0.469 e. The lowest BCUT2D eigenvalue weighted by Crippen LogP contribution is -2.52. The largest absolute Gasteiger partial charge is 0.469 e. The van der Waals surface area contributed by atoms with Gasteiger partial charge in [0.1, 0.15) is 0 Å². The fraction of sp³-hybridized carbons (Fsp3) is 0.818. The van der Waals surface area contributed by atoms with E-state index in [1.165, 1.54) is 7.11 Å². The lowest BCUT2D eigenvalue weighted by molar-refractivity contribution is -0.141. The van der Waals surface area contributed by atoms with Gasteiger partial charge in [-0.15, -0.1) is 12.4 Å². The Balaban J connectivity index is 0.00000289. The van der Waals surface area contributed by atoms with E-state index in [0.717, 1.165) is 13.1 Å². The maximum Gasteiger partial charge on any atom is 0.305 e. The van der Waals surface area contributed by atoms with Gasteiger partial charge in [-0.1, -0.05) is 0 Å². The lowest BCUT2D eigenvalue weighted by atomic mass is 10.1. The van der Waals surface area contributed by atoms with Crippen LogP contribution in [0.2, 0.25) is 0 Å². The molecule has 1 atom stereocenters. The number of carbonyl (C=O) groups excluding carboxylic acids is 2. The van der Waals surface area contributed by atoms with E-state index in [2.05, 4.69) is 9.64 Å². The predicted octanol–water partition coefficient (Wildman–Crippen LogP) is -0.537. The van der Waals surface area contributed by atoms with Gasteiger partial charge in [0.25, 0.3) is 0 Å². The second kappa shape index (κ2) is 8.29. The third kappa shape index (κ3) is 5.20. The Morgan fingerprint density at radius 3 is 2.33 bits per heavy atom. The molecule has 1 heterocycles. The predicted molar refractivity (Wildman–Crippen MR) is 70.6 cm³/mol. The Morgan fingerprint density at radius 2 is 1.83 bits per heavy atom. The quantitative estimate of drug-likeness (QED) is 0.700. The van der Waals surface area contributed by atoms with E-state index < -0.39 is 6.04 Å². The molecule has 1 saturated heterocycles. The summed E-state index contributed by atoms with van der Waals surface area (Å²) >= 11 is 0. The fourth-order valence-electron chi connectivity index (χ4n) is 1.76. The minimum atomic E-state index is -0.600. The van der Waals surface area contributed by atoms with E-state index in [-0.39, 0.29) is 30.7 Å². The average molecular weight is 280 g/mol. The van der Waals surface area contributed by atoms with Crippen LogP contribution in [0.25, 0.3) is 0 Å². The van der Waals surface area contributed by atoms with E-state index in [9.17, 15) is 9.59 Å². The molecule has 1 aliphatic rings. The number of esters is 1. The van der Waals surface area contributed by atoms with Crippen molar-refractivity contribution in [2.45, 2.75) is 18.9 Å². The molecule has 0 unspecified atom stereocenters. The van der Waals surface area contributed by atoms with Gasteiger partial charge < -0.3 is 20.3 Å². The second-order valence-corrected chi connectivity index (χ2v) is 4.35. The van der Waals surface area contributed by atoms with Crippen LogP contribution in [0.3, 0.4) is 0 Å². The van der Waals surface area contributed by atoms with Crippen LogP contribution in [-0.2, 0) is 14.3 Å². The van der Waals surface area contributed by atoms with Gasteiger partial charge >= 0.3 is 5.97 Å². The van der Waals surface area contributed by atoms with Gasteiger partial charge in [-0.2, -0.15) is 0 Å². The van der Waals surface area contributed by atoms with Crippen LogP contribution < -0.4 is 5.73 Å². The summed E-state index contributed by atoms with van der Waals surface area (Å²) in [4.78, 5) is 26.8. The number of nitrogens with zero attached hydrogens (tertiary/aromatic N) is 2. The molecule has 18 heavy (non-hydrogen) atoms. The van der Waals surface area contributed by atoms with E-state index in [4.69, 9.17) is 5.73 Å². The highest BCUT2D eigenvalue weighted by Crippen LogP contribution is 2.05. The summed E-state index contributed by atoms with van der Waals surface area (Å²) in [6.45, 7) is 3.16. The molecular weight excluding hydrogens is 258 g/mol. The summed E-state index contributed by atoms with van der Waals surface area (Å²) in [5.41, 5.74) is 5.77. The number of amides is 1. The van der Waals surface area contributed by atoms with E-state index >= 15 is 0 Å². The van der Waals surface area contributed by atoms with E-state index in [1.807, 2.05) is 7.05 Å². The number of methoxy groups -OCH3 is 1. The topological polar surface area (TPSA) is 75.9 Å². The first kappa shape index (κ1) is 17.2. The van der Waals surface area contributed by atoms with Gasteiger partial charge in [-0.05, 0) is 13.5 Å². The summed E-state index contributed by atoms with van der Waals surface area (Å²) in [6.07, 6.45) is 0.537. The Hall–Kier alpha value is -0.850. The van der Waals surface area contributed by atoms with Crippen molar-refractivity contribution in [2.75, 3.05) is 40.3 Å². The summed E-state index contributed by atoms with van der Waals surface area (Å²) in [5, 5.41) is 0. The van der Waals surface area contributed by atoms with Crippen molar-refractivity contribution in [3.63, 3.8) is 0 Å². The van der Waals surface area contributed by atoms with Crippen molar-refractivity contribution in [3.8, 4) is 0 Å². The highest BCUT2D eigenvalue weighted by molar-refractivity contribution is 5.85. The van der Waals surface area contributed by atoms with Gasteiger partial charge in [0.2, 0.25) is 5.91 Å². The summed E-state index contributed by atoms with van der Waals surface area (Å²) in [7, 11) is 3.36. The first-order valence-corrected chi connectivity index (χ1v) is 5.84. The summed E-state index contributed by atoms with van der Waals surface area (Å²) < 4.78 is 4.51. The lowest BCUT2D eigenvalue weighted by Gasteiger charge is -2.33. The van der Waals surface area contributed by atoms with Crippen LogP contribution in [0, 0.1) is 0 Å². The maximum atomic E-state index is 11.9. The third-order valence-corrected chi connectivity index (χ3v) is 3.02. The molecule has 1 fully saturated rings. The number of nitrogens with two attached hydrogens (primary N) is 1. The Morgan fingerprint density at radius 1 is 1.28 bits per heavy atom. The van der Waals surface area contributed by atoms with Crippen molar-refractivity contribution in [1.29, 1.82) is 0 Å². The molecule has 2 N–H and O–H groups in total. The molecule has 0 radical (unpaired) electrons. The molecule has 6 nitrogen and oxygen atoms in total. The zero-order valence-corrected chi connectivity index (χ0v) is 11.7. The number of hydrogen-bond donors (Lipinski definition) is 1. The molecule has 0 bridgehead atoms. The van der Waals surface area contributed by atoms with Gasteiger partial charge in [0, 0.05) is 32.6 Å². The molecule has 0 aromatic heterocycles. The first-order chi connectivity index (χ1) is 8.04. The van der Waals surface area contributed by atoms with E-state index in [0.29, 0.717) is 19.5 Å².